The second kappa shape index (κ2) is 5.76. The summed E-state index contributed by atoms with van der Waals surface area (Å²) in [6, 6.07) is 0. The Bertz CT molecular complexity index is 171. The monoisotopic (exact) mass is 208 g/mol. The molecule has 0 aliphatic heterocycles. The maximum atomic E-state index is 11.9. The molecule has 5 heteroatoms. The lowest BCUT2D eigenvalue weighted by molar-refractivity contribution is 0.447. The molecule has 13 heavy (non-hydrogen) atoms. The van der Waals surface area contributed by atoms with Gasteiger partial charge in [0.2, 0.25) is 7.37 Å². The van der Waals surface area contributed by atoms with Gasteiger partial charge in [0, 0.05) is 24.4 Å². The van der Waals surface area contributed by atoms with Crippen molar-refractivity contribution in [1.82, 2.24) is 10.6 Å². The molecule has 0 aliphatic rings. The van der Waals surface area contributed by atoms with Crippen LogP contribution in [0.1, 0.15) is 13.8 Å². The molecule has 0 amide bonds. The van der Waals surface area contributed by atoms with Crippen LogP contribution in [0.4, 0.5) is 0 Å². The van der Waals surface area contributed by atoms with Crippen molar-refractivity contribution >= 4 is 7.37 Å². The fourth-order valence-corrected chi connectivity index (χ4v) is 3.04. The Morgan fingerprint density at radius 2 is 1.46 bits per heavy atom. The summed E-state index contributed by atoms with van der Waals surface area (Å²) in [5.74, 6) is 0. The van der Waals surface area contributed by atoms with Gasteiger partial charge in [-0.3, -0.25) is 4.57 Å². The first-order valence-corrected chi connectivity index (χ1v) is 6.38. The zero-order valence-electron chi connectivity index (χ0n) is 8.87. The van der Waals surface area contributed by atoms with Gasteiger partial charge in [0.05, 0.1) is 0 Å². The first kappa shape index (κ1) is 13.1. The molecule has 3 N–H and O–H groups in total. The third kappa shape index (κ3) is 3.77. The second-order valence-electron chi connectivity index (χ2n) is 3.49. The SMILES string of the molecule is CNCC(C)P(=O)(O)C(C)CNC. The van der Waals surface area contributed by atoms with Gasteiger partial charge in [-0.05, 0) is 14.1 Å². The predicted octanol–water partition coefficient (Wildman–Crippen LogP) is 0.473. The van der Waals surface area contributed by atoms with Crippen molar-refractivity contribution in [3.63, 3.8) is 0 Å². The average molecular weight is 208 g/mol. The average Bonchev–Trinajstić information content (AvgIpc) is 2.05. The van der Waals surface area contributed by atoms with Crippen molar-refractivity contribution in [1.29, 1.82) is 0 Å². The summed E-state index contributed by atoms with van der Waals surface area (Å²) in [6.45, 7) is 4.79. The lowest BCUT2D eigenvalue weighted by atomic mass is 10.5. The number of hydrogen-bond donors (Lipinski definition) is 3. The first-order valence-electron chi connectivity index (χ1n) is 4.58. The molecule has 0 bridgehead atoms. The summed E-state index contributed by atoms with van der Waals surface area (Å²) in [5.41, 5.74) is -0.360. The second-order valence-corrected chi connectivity index (χ2v) is 6.59. The minimum atomic E-state index is -3.03. The highest BCUT2D eigenvalue weighted by Crippen LogP contribution is 2.50. The fourth-order valence-electron chi connectivity index (χ4n) is 1.29. The van der Waals surface area contributed by atoms with E-state index in [9.17, 15) is 9.46 Å². The van der Waals surface area contributed by atoms with E-state index in [2.05, 4.69) is 10.6 Å². The molecule has 0 spiro atoms. The van der Waals surface area contributed by atoms with Crippen molar-refractivity contribution in [3.05, 3.63) is 0 Å². The highest BCUT2D eigenvalue weighted by molar-refractivity contribution is 7.59. The highest BCUT2D eigenvalue weighted by Gasteiger charge is 2.32. The standard InChI is InChI=1S/C8H21N2O2P/c1-7(5-9-3)13(11,12)8(2)6-10-4/h7-10H,5-6H2,1-4H3,(H,11,12). The number of hydrogen-bond acceptors (Lipinski definition) is 3. The summed E-state index contributed by atoms with van der Waals surface area (Å²) in [6.07, 6.45) is 0. The topological polar surface area (TPSA) is 61.4 Å². The van der Waals surface area contributed by atoms with Crippen LogP contribution in [-0.4, -0.2) is 43.4 Å². The van der Waals surface area contributed by atoms with Crippen molar-refractivity contribution in [2.24, 2.45) is 0 Å². The van der Waals surface area contributed by atoms with E-state index in [0.29, 0.717) is 13.1 Å². The van der Waals surface area contributed by atoms with Crippen LogP contribution in [0.2, 0.25) is 0 Å². The normalized spacial score (nSPS) is 20.7. The number of nitrogens with one attached hydrogen (secondary N) is 2. The van der Waals surface area contributed by atoms with E-state index in [0.717, 1.165) is 0 Å². The third-order valence-corrected chi connectivity index (χ3v) is 5.15. The van der Waals surface area contributed by atoms with Crippen LogP contribution in [-0.2, 0) is 4.57 Å². The molecule has 0 aromatic rings. The van der Waals surface area contributed by atoms with Crippen LogP contribution >= 0.6 is 7.37 Å². The van der Waals surface area contributed by atoms with Gasteiger partial charge >= 0.3 is 0 Å². The van der Waals surface area contributed by atoms with Gasteiger partial charge in [-0.15, -0.1) is 0 Å². The van der Waals surface area contributed by atoms with E-state index in [-0.39, 0.29) is 11.3 Å². The molecule has 0 saturated carbocycles. The van der Waals surface area contributed by atoms with Gasteiger partial charge in [0.1, 0.15) is 0 Å². The van der Waals surface area contributed by atoms with Crippen molar-refractivity contribution in [3.8, 4) is 0 Å². The Morgan fingerprint density at radius 1 is 1.15 bits per heavy atom. The summed E-state index contributed by atoms with van der Waals surface area (Å²) < 4.78 is 11.9. The largest absolute Gasteiger partial charge is 0.344 e. The minimum Gasteiger partial charge on any atom is -0.344 e. The van der Waals surface area contributed by atoms with Crippen LogP contribution in [0.25, 0.3) is 0 Å². The lowest BCUT2D eigenvalue weighted by Crippen LogP contribution is -2.29. The zero-order valence-corrected chi connectivity index (χ0v) is 9.77. The van der Waals surface area contributed by atoms with Gasteiger partial charge in [0.15, 0.2) is 0 Å². The van der Waals surface area contributed by atoms with Gasteiger partial charge in [-0.2, -0.15) is 0 Å². The van der Waals surface area contributed by atoms with Crippen LogP contribution in [0.5, 0.6) is 0 Å². The molecule has 0 aromatic heterocycles. The summed E-state index contributed by atoms with van der Waals surface area (Å²) in [7, 11) is 0.549. The molecule has 0 saturated heterocycles. The molecular weight excluding hydrogens is 187 g/mol. The maximum Gasteiger partial charge on any atom is 0.208 e. The van der Waals surface area contributed by atoms with Gasteiger partial charge < -0.3 is 15.5 Å². The van der Waals surface area contributed by atoms with Crippen molar-refractivity contribution in [2.45, 2.75) is 25.2 Å². The molecule has 0 aromatic carbocycles. The third-order valence-electron chi connectivity index (χ3n) is 2.26. The van der Waals surface area contributed by atoms with E-state index >= 15 is 0 Å². The predicted molar refractivity (Wildman–Crippen MR) is 56.6 cm³/mol. The Labute approximate surface area is 80.6 Å². The minimum absolute atomic E-state index is 0.180. The zero-order chi connectivity index (χ0) is 10.5. The molecule has 0 radical (unpaired) electrons. The van der Waals surface area contributed by atoms with E-state index in [1.807, 2.05) is 13.8 Å². The lowest BCUT2D eigenvalue weighted by Gasteiger charge is -2.24. The molecule has 0 fully saturated rings. The summed E-state index contributed by atoms with van der Waals surface area (Å²) in [4.78, 5) is 9.79. The van der Waals surface area contributed by atoms with Crippen molar-refractivity contribution in [2.75, 3.05) is 27.2 Å². The molecule has 2 unspecified atom stereocenters. The summed E-state index contributed by atoms with van der Waals surface area (Å²) in [5, 5.41) is 5.84. The van der Waals surface area contributed by atoms with E-state index in [1.165, 1.54) is 0 Å². The molecule has 0 aliphatic carbocycles. The van der Waals surface area contributed by atoms with Gasteiger partial charge in [0.25, 0.3) is 0 Å². The molecule has 2 atom stereocenters. The molecular formula is C8H21N2O2P. The highest BCUT2D eigenvalue weighted by atomic mass is 31.2. The van der Waals surface area contributed by atoms with Crippen LogP contribution in [0.3, 0.4) is 0 Å². The molecule has 0 rings (SSSR count). The quantitative estimate of drug-likeness (QED) is 0.555. The van der Waals surface area contributed by atoms with Gasteiger partial charge in [-0.25, -0.2) is 0 Å². The first-order chi connectivity index (χ1) is 5.96. The van der Waals surface area contributed by atoms with Crippen molar-refractivity contribution < 1.29 is 9.46 Å². The summed E-state index contributed by atoms with van der Waals surface area (Å²) >= 11 is 0. The smallest absolute Gasteiger partial charge is 0.208 e. The molecule has 80 valence electrons. The Morgan fingerprint density at radius 3 is 1.69 bits per heavy atom. The van der Waals surface area contributed by atoms with Crippen LogP contribution in [0.15, 0.2) is 0 Å². The van der Waals surface area contributed by atoms with E-state index in [4.69, 9.17) is 0 Å². The van der Waals surface area contributed by atoms with E-state index in [1.54, 1.807) is 14.1 Å². The van der Waals surface area contributed by atoms with Crippen LogP contribution < -0.4 is 10.6 Å². The van der Waals surface area contributed by atoms with Crippen LogP contribution in [0, 0.1) is 0 Å². The van der Waals surface area contributed by atoms with E-state index < -0.39 is 7.37 Å². The van der Waals surface area contributed by atoms with Gasteiger partial charge in [-0.1, -0.05) is 13.8 Å². The fraction of sp³-hybridized carbons (Fsp3) is 1.00. The Balaban J connectivity index is 4.27. The Kier molecular flexibility index (Phi) is 5.81. The molecule has 4 nitrogen and oxygen atoms in total. The number of rotatable bonds is 6. The Hall–Kier alpha value is 0.110. The molecule has 0 heterocycles. The maximum absolute atomic E-state index is 11.9.